The molecular weight excluding hydrogens is 369 g/mol. The van der Waals surface area contributed by atoms with Gasteiger partial charge in [-0.3, -0.25) is 4.79 Å². The van der Waals surface area contributed by atoms with Crippen molar-refractivity contribution >= 4 is 12.0 Å². The van der Waals surface area contributed by atoms with E-state index in [9.17, 15) is 14.3 Å². The van der Waals surface area contributed by atoms with E-state index >= 15 is 0 Å². The lowest BCUT2D eigenvalue weighted by molar-refractivity contribution is -0.127. The van der Waals surface area contributed by atoms with Gasteiger partial charge in [-0.1, -0.05) is 18.2 Å². The average Bonchev–Trinajstić information content (AvgIpc) is 3.18. The molecule has 4 rings (SSSR count). The van der Waals surface area contributed by atoms with Gasteiger partial charge in [0.2, 0.25) is 5.91 Å². The third kappa shape index (κ3) is 4.43. The van der Waals surface area contributed by atoms with Crippen LogP contribution in [0.25, 0.3) is 23.0 Å². The predicted molar refractivity (Wildman–Crippen MR) is 110 cm³/mol. The zero-order chi connectivity index (χ0) is 20.2. The van der Waals surface area contributed by atoms with E-state index in [4.69, 9.17) is 0 Å². The van der Waals surface area contributed by atoms with Gasteiger partial charge in [0.25, 0.3) is 0 Å². The number of amides is 1. The number of hydrogen-bond acceptors (Lipinski definition) is 3. The topological polar surface area (TPSA) is 58.4 Å². The smallest absolute Gasteiger partial charge is 0.246 e. The fourth-order valence-electron chi connectivity index (χ4n) is 3.41. The molecule has 0 radical (unpaired) electrons. The van der Waals surface area contributed by atoms with Gasteiger partial charge in [0.1, 0.15) is 5.82 Å². The van der Waals surface area contributed by atoms with Crippen molar-refractivity contribution in [1.82, 2.24) is 14.7 Å². The number of halogens is 1. The molecule has 0 bridgehead atoms. The summed E-state index contributed by atoms with van der Waals surface area (Å²) in [6.07, 6.45) is 6.03. The van der Waals surface area contributed by atoms with Gasteiger partial charge < -0.3 is 10.0 Å². The third-order valence-electron chi connectivity index (χ3n) is 5.06. The van der Waals surface area contributed by atoms with Crippen LogP contribution in [-0.2, 0) is 4.79 Å². The fourth-order valence-corrected chi connectivity index (χ4v) is 3.41. The first-order valence-corrected chi connectivity index (χ1v) is 9.66. The first kappa shape index (κ1) is 19.1. The Balaban J connectivity index is 1.64. The maximum Gasteiger partial charge on any atom is 0.246 e. The van der Waals surface area contributed by atoms with Crippen LogP contribution in [0, 0.1) is 5.82 Å². The van der Waals surface area contributed by atoms with E-state index in [2.05, 4.69) is 5.10 Å². The number of aliphatic hydroxyl groups is 1. The largest absolute Gasteiger partial charge is 0.393 e. The molecule has 1 aliphatic rings. The first-order valence-electron chi connectivity index (χ1n) is 9.66. The standard InChI is InChI=1S/C23H22FN3O2/c24-19-9-6-17(7-10-19)23-18(16-27(25-23)20-4-2-1-3-5-20)8-11-22(29)26-14-12-21(28)13-15-26/h1-11,16,21,28H,12-15H2/b11-8+. The Morgan fingerprint density at radius 2 is 1.76 bits per heavy atom. The number of carbonyl (C=O) groups excluding carboxylic acids is 1. The van der Waals surface area contributed by atoms with Crippen molar-refractivity contribution in [2.75, 3.05) is 13.1 Å². The van der Waals surface area contributed by atoms with Crippen LogP contribution in [-0.4, -0.2) is 44.9 Å². The Bertz CT molecular complexity index is 1000. The monoisotopic (exact) mass is 391 g/mol. The number of benzene rings is 2. The Labute approximate surface area is 168 Å². The zero-order valence-corrected chi connectivity index (χ0v) is 15.9. The normalized spacial score (nSPS) is 15.2. The second-order valence-corrected chi connectivity index (χ2v) is 7.11. The zero-order valence-electron chi connectivity index (χ0n) is 15.9. The maximum atomic E-state index is 13.4. The Morgan fingerprint density at radius 3 is 2.45 bits per heavy atom. The van der Waals surface area contributed by atoms with Crippen molar-refractivity contribution in [3.8, 4) is 16.9 Å². The summed E-state index contributed by atoms with van der Waals surface area (Å²) >= 11 is 0. The molecule has 1 aliphatic heterocycles. The Hall–Kier alpha value is -3.25. The number of nitrogens with zero attached hydrogens (tertiary/aromatic N) is 3. The quantitative estimate of drug-likeness (QED) is 0.691. The second-order valence-electron chi connectivity index (χ2n) is 7.11. The number of carbonyl (C=O) groups is 1. The number of hydrogen-bond donors (Lipinski definition) is 1. The van der Waals surface area contributed by atoms with E-state index < -0.39 is 0 Å². The van der Waals surface area contributed by atoms with Crippen LogP contribution in [0.15, 0.2) is 66.9 Å². The molecular formula is C23H22FN3O2. The Kier molecular flexibility index (Phi) is 5.53. The second kappa shape index (κ2) is 8.41. The molecule has 3 aromatic rings. The van der Waals surface area contributed by atoms with E-state index in [0.717, 1.165) is 16.8 Å². The Morgan fingerprint density at radius 1 is 1.07 bits per heavy atom. The van der Waals surface area contributed by atoms with Gasteiger partial charge in [-0.05, 0) is 55.3 Å². The lowest BCUT2D eigenvalue weighted by Crippen LogP contribution is -2.39. The summed E-state index contributed by atoms with van der Waals surface area (Å²) in [7, 11) is 0. The molecule has 2 aromatic carbocycles. The highest BCUT2D eigenvalue weighted by Crippen LogP contribution is 2.25. The van der Waals surface area contributed by atoms with E-state index in [1.807, 2.05) is 36.5 Å². The molecule has 1 fully saturated rings. The summed E-state index contributed by atoms with van der Waals surface area (Å²) in [5.74, 6) is -0.398. The van der Waals surface area contributed by atoms with E-state index in [-0.39, 0.29) is 17.8 Å². The minimum Gasteiger partial charge on any atom is -0.393 e. The highest BCUT2D eigenvalue weighted by Gasteiger charge is 2.20. The van der Waals surface area contributed by atoms with Crippen LogP contribution in [0.4, 0.5) is 4.39 Å². The van der Waals surface area contributed by atoms with E-state index in [1.165, 1.54) is 18.2 Å². The van der Waals surface area contributed by atoms with Crippen LogP contribution >= 0.6 is 0 Å². The fraction of sp³-hybridized carbons (Fsp3) is 0.217. The lowest BCUT2D eigenvalue weighted by atomic mass is 10.1. The number of aliphatic hydroxyl groups excluding tert-OH is 1. The van der Waals surface area contributed by atoms with Crippen LogP contribution in [0.3, 0.4) is 0 Å². The van der Waals surface area contributed by atoms with Crippen LogP contribution in [0.1, 0.15) is 18.4 Å². The van der Waals surface area contributed by atoms with Crippen molar-refractivity contribution in [3.63, 3.8) is 0 Å². The predicted octanol–water partition coefficient (Wildman–Crippen LogP) is 3.67. The molecule has 0 atom stereocenters. The molecule has 2 heterocycles. The molecule has 0 unspecified atom stereocenters. The van der Waals surface area contributed by atoms with Crippen molar-refractivity contribution < 1.29 is 14.3 Å². The molecule has 1 N–H and O–H groups in total. The molecule has 0 aliphatic carbocycles. The van der Waals surface area contributed by atoms with Crippen LogP contribution in [0.5, 0.6) is 0 Å². The minimum absolute atomic E-state index is 0.0885. The summed E-state index contributed by atoms with van der Waals surface area (Å²) in [6.45, 7) is 1.11. The summed E-state index contributed by atoms with van der Waals surface area (Å²) < 4.78 is 15.1. The summed E-state index contributed by atoms with van der Waals surface area (Å²) in [6, 6.07) is 15.8. The lowest BCUT2D eigenvalue weighted by Gasteiger charge is -2.28. The van der Waals surface area contributed by atoms with Gasteiger partial charge in [-0.25, -0.2) is 9.07 Å². The van der Waals surface area contributed by atoms with Gasteiger partial charge >= 0.3 is 0 Å². The number of aromatic nitrogens is 2. The molecule has 1 amide bonds. The summed E-state index contributed by atoms with van der Waals surface area (Å²) in [5.41, 5.74) is 3.11. The SMILES string of the molecule is O=C(/C=C/c1cn(-c2ccccc2)nc1-c1ccc(F)cc1)N1CCC(O)CC1. The van der Waals surface area contributed by atoms with Gasteiger partial charge in [-0.15, -0.1) is 0 Å². The van der Waals surface area contributed by atoms with Gasteiger partial charge in [0.05, 0.1) is 17.5 Å². The number of rotatable bonds is 4. The minimum atomic E-state index is -0.322. The first-order chi connectivity index (χ1) is 14.1. The number of piperidine rings is 1. The average molecular weight is 391 g/mol. The summed E-state index contributed by atoms with van der Waals surface area (Å²) in [5, 5.41) is 14.3. The van der Waals surface area contributed by atoms with Gasteiger partial charge in [-0.2, -0.15) is 5.10 Å². The van der Waals surface area contributed by atoms with Crippen LogP contribution < -0.4 is 0 Å². The molecule has 6 heteroatoms. The molecule has 29 heavy (non-hydrogen) atoms. The summed E-state index contributed by atoms with van der Waals surface area (Å²) in [4.78, 5) is 14.3. The molecule has 0 spiro atoms. The van der Waals surface area contributed by atoms with E-state index in [0.29, 0.717) is 31.6 Å². The molecule has 1 saturated heterocycles. The van der Waals surface area contributed by atoms with Crippen molar-refractivity contribution in [2.45, 2.75) is 18.9 Å². The molecule has 0 saturated carbocycles. The third-order valence-corrected chi connectivity index (χ3v) is 5.06. The van der Waals surface area contributed by atoms with Gasteiger partial charge in [0, 0.05) is 36.5 Å². The van der Waals surface area contributed by atoms with E-state index in [1.54, 1.807) is 27.8 Å². The van der Waals surface area contributed by atoms with Gasteiger partial charge in [0.15, 0.2) is 0 Å². The highest BCUT2D eigenvalue weighted by atomic mass is 19.1. The van der Waals surface area contributed by atoms with Crippen LogP contribution in [0.2, 0.25) is 0 Å². The molecule has 148 valence electrons. The van der Waals surface area contributed by atoms with Crippen molar-refractivity contribution in [1.29, 1.82) is 0 Å². The number of para-hydroxylation sites is 1. The maximum absolute atomic E-state index is 13.4. The molecule has 1 aromatic heterocycles. The van der Waals surface area contributed by atoms with Crippen molar-refractivity contribution in [2.24, 2.45) is 0 Å². The molecule has 5 nitrogen and oxygen atoms in total. The van der Waals surface area contributed by atoms with Crippen molar-refractivity contribution in [3.05, 3.63) is 78.3 Å². The highest BCUT2D eigenvalue weighted by molar-refractivity contribution is 5.93. The number of likely N-dealkylation sites (tertiary alicyclic amines) is 1.